The predicted molar refractivity (Wildman–Crippen MR) is 113 cm³/mol. The second-order valence-corrected chi connectivity index (χ2v) is 8.53. The van der Waals surface area contributed by atoms with E-state index in [9.17, 15) is 8.42 Å². The maximum Gasteiger partial charge on any atom is 0.284 e. The van der Waals surface area contributed by atoms with E-state index in [1.54, 1.807) is 49.6 Å². The summed E-state index contributed by atoms with van der Waals surface area (Å²) in [5.41, 5.74) is 1.03. The van der Waals surface area contributed by atoms with Crippen LogP contribution in [-0.2, 0) is 10.0 Å². The molecule has 2 heterocycles. The Morgan fingerprint density at radius 1 is 1.00 bits per heavy atom. The number of rotatable bonds is 6. The molecule has 1 saturated heterocycles. The molecule has 4 rings (SSSR count). The van der Waals surface area contributed by atoms with Crippen LogP contribution in [0.25, 0.3) is 22.9 Å². The first kappa shape index (κ1) is 20.1. The number of nitrogens with zero attached hydrogens (tertiary/aromatic N) is 4. The van der Waals surface area contributed by atoms with E-state index in [1.807, 2.05) is 4.90 Å². The van der Waals surface area contributed by atoms with Crippen molar-refractivity contribution in [1.82, 2.24) is 15.1 Å². The fourth-order valence-corrected chi connectivity index (χ4v) is 4.32. The van der Waals surface area contributed by atoms with E-state index in [0.717, 1.165) is 32.4 Å². The van der Waals surface area contributed by atoms with Gasteiger partial charge in [-0.2, -0.15) is 8.42 Å². The summed E-state index contributed by atoms with van der Waals surface area (Å²) in [4.78, 5) is 1.96. The van der Waals surface area contributed by atoms with Crippen molar-refractivity contribution >= 4 is 16.4 Å². The number of aromatic nitrogens is 2. The molecule has 1 fully saturated rings. The summed E-state index contributed by atoms with van der Waals surface area (Å²) in [6.45, 7) is 1.63. The zero-order valence-electron chi connectivity index (χ0n) is 16.6. The first-order valence-corrected chi connectivity index (χ1v) is 11.1. The monoisotopic (exact) mass is 426 g/mol. The maximum absolute atomic E-state index is 12.9. The van der Waals surface area contributed by atoms with Gasteiger partial charge in [-0.1, -0.05) is 12.1 Å². The van der Waals surface area contributed by atoms with Crippen molar-refractivity contribution in [3.05, 3.63) is 48.5 Å². The molecule has 0 amide bonds. The maximum atomic E-state index is 12.9. The number of hydrogen-bond acceptors (Lipinski definition) is 6. The molecular formula is C21H22N4O4S. The fraction of sp³-hybridized carbons (Fsp3) is 0.286. The molecular weight excluding hydrogens is 404 g/mol. The molecule has 1 aliphatic heterocycles. The summed E-state index contributed by atoms with van der Waals surface area (Å²) >= 11 is 0. The van der Waals surface area contributed by atoms with E-state index in [4.69, 9.17) is 9.15 Å². The van der Waals surface area contributed by atoms with Crippen molar-refractivity contribution in [2.45, 2.75) is 24.2 Å². The largest absolute Gasteiger partial charge is 0.497 e. The van der Waals surface area contributed by atoms with Gasteiger partial charge in [0.2, 0.25) is 11.8 Å². The third-order valence-corrected chi connectivity index (χ3v) is 6.18. The zero-order chi connectivity index (χ0) is 21.0. The third-order valence-electron chi connectivity index (χ3n) is 4.90. The molecule has 1 aliphatic rings. The van der Waals surface area contributed by atoms with E-state index < -0.39 is 10.0 Å². The number of sulfonamides is 1. The van der Waals surface area contributed by atoms with Gasteiger partial charge >= 0.3 is 0 Å². The van der Waals surface area contributed by atoms with Crippen molar-refractivity contribution in [3.63, 3.8) is 0 Å². The van der Waals surface area contributed by atoms with Crippen LogP contribution in [0.5, 0.6) is 5.75 Å². The number of hydrogen-bond donors (Lipinski definition) is 0. The highest BCUT2D eigenvalue weighted by Gasteiger charge is 2.22. The van der Waals surface area contributed by atoms with Crippen LogP contribution >= 0.6 is 0 Å². The topological polar surface area (TPSA) is 97.9 Å². The second-order valence-electron chi connectivity index (χ2n) is 6.93. The van der Waals surface area contributed by atoms with E-state index in [2.05, 4.69) is 14.6 Å². The lowest BCUT2D eigenvalue weighted by atomic mass is 10.1. The van der Waals surface area contributed by atoms with E-state index in [1.165, 1.54) is 12.4 Å². The molecule has 9 heteroatoms. The molecule has 3 aromatic rings. The van der Waals surface area contributed by atoms with Gasteiger partial charge in [0.1, 0.15) is 17.0 Å². The molecule has 0 atom stereocenters. The van der Waals surface area contributed by atoms with Crippen LogP contribution in [0.2, 0.25) is 0 Å². The molecule has 1 aromatic heterocycles. The summed E-state index contributed by atoms with van der Waals surface area (Å²) < 4.78 is 40.6. The van der Waals surface area contributed by atoms with Crippen LogP contribution in [0.1, 0.15) is 19.3 Å². The van der Waals surface area contributed by atoms with Crippen molar-refractivity contribution in [2.24, 2.45) is 4.40 Å². The Morgan fingerprint density at radius 3 is 2.43 bits per heavy atom. The Morgan fingerprint density at radius 2 is 1.70 bits per heavy atom. The molecule has 30 heavy (non-hydrogen) atoms. The van der Waals surface area contributed by atoms with Crippen LogP contribution in [0, 0.1) is 0 Å². The highest BCUT2D eigenvalue weighted by Crippen LogP contribution is 2.30. The van der Waals surface area contributed by atoms with Crippen molar-refractivity contribution in [3.8, 4) is 28.7 Å². The predicted octanol–water partition coefficient (Wildman–Crippen LogP) is 3.62. The average molecular weight is 426 g/mol. The Labute approximate surface area is 175 Å². The molecule has 156 valence electrons. The number of likely N-dealkylation sites (tertiary alicyclic amines) is 1. The summed E-state index contributed by atoms with van der Waals surface area (Å²) in [7, 11) is -2.33. The Kier molecular flexibility index (Phi) is 5.80. The molecule has 0 bridgehead atoms. The van der Waals surface area contributed by atoms with E-state index in [-0.39, 0.29) is 16.7 Å². The summed E-state index contributed by atoms with van der Waals surface area (Å²) in [5.74, 6) is 1.12. The minimum absolute atomic E-state index is 0.0307. The van der Waals surface area contributed by atoms with Gasteiger partial charge in [-0.05, 0) is 55.7 Å². The molecule has 0 unspecified atom stereocenters. The first-order chi connectivity index (χ1) is 14.6. The Bertz CT molecular complexity index is 1130. The highest BCUT2D eigenvalue weighted by atomic mass is 32.2. The second kappa shape index (κ2) is 8.66. The minimum atomic E-state index is -3.92. The fourth-order valence-electron chi connectivity index (χ4n) is 3.27. The van der Waals surface area contributed by atoms with Gasteiger partial charge in [-0.3, -0.25) is 0 Å². The van der Waals surface area contributed by atoms with Crippen LogP contribution in [0.4, 0.5) is 0 Å². The number of ether oxygens (including phenoxy) is 1. The van der Waals surface area contributed by atoms with E-state index >= 15 is 0 Å². The smallest absolute Gasteiger partial charge is 0.284 e. The van der Waals surface area contributed by atoms with Gasteiger partial charge in [-0.15, -0.1) is 14.6 Å². The van der Waals surface area contributed by atoms with Gasteiger partial charge in [-0.25, -0.2) is 0 Å². The number of piperidine rings is 1. The molecule has 0 aliphatic carbocycles. The average Bonchev–Trinajstić information content (AvgIpc) is 3.29. The van der Waals surface area contributed by atoms with Crippen LogP contribution in [0.15, 0.2) is 62.2 Å². The summed E-state index contributed by atoms with van der Waals surface area (Å²) in [6, 6.07) is 13.7. The van der Waals surface area contributed by atoms with Gasteiger partial charge in [0.15, 0.2) is 0 Å². The minimum Gasteiger partial charge on any atom is -0.497 e. The van der Waals surface area contributed by atoms with Gasteiger partial charge in [0.05, 0.1) is 12.7 Å². The van der Waals surface area contributed by atoms with Gasteiger partial charge in [0.25, 0.3) is 10.0 Å². The van der Waals surface area contributed by atoms with Crippen LogP contribution in [0.3, 0.4) is 0 Å². The van der Waals surface area contributed by atoms with Crippen LogP contribution < -0.4 is 4.74 Å². The molecule has 8 nitrogen and oxygen atoms in total. The molecule has 0 N–H and O–H groups in total. The number of benzene rings is 2. The van der Waals surface area contributed by atoms with Crippen molar-refractivity contribution in [1.29, 1.82) is 0 Å². The standard InChI is InChI=1S/C21H22N4O4S/c1-28-17-11-9-16(10-12-17)20-23-24-21(29-20)18-7-3-4-8-19(18)30(26,27)22-15-25-13-5-2-6-14-25/h3-4,7-12,15H,2,5-6,13-14H2,1H3. The summed E-state index contributed by atoms with van der Waals surface area (Å²) in [5, 5.41) is 8.12. The molecule has 0 radical (unpaired) electrons. The van der Waals surface area contributed by atoms with Gasteiger partial charge < -0.3 is 14.1 Å². The Hall–Kier alpha value is -3.20. The first-order valence-electron chi connectivity index (χ1n) is 9.69. The molecule has 2 aromatic carbocycles. The lowest BCUT2D eigenvalue weighted by molar-refractivity contribution is 0.351. The number of methoxy groups -OCH3 is 1. The quantitative estimate of drug-likeness (QED) is 0.439. The van der Waals surface area contributed by atoms with Crippen molar-refractivity contribution in [2.75, 3.05) is 20.2 Å². The SMILES string of the molecule is COc1ccc(-c2nnc(-c3ccccc3S(=O)(=O)N=CN3CCCCC3)o2)cc1. The van der Waals surface area contributed by atoms with Crippen LogP contribution in [-0.4, -0.2) is 50.1 Å². The van der Waals surface area contributed by atoms with E-state index in [0.29, 0.717) is 16.9 Å². The highest BCUT2D eigenvalue weighted by molar-refractivity contribution is 7.90. The molecule has 0 spiro atoms. The summed E-state index contributed by atoms with van der Waals surface area (Å²) in [6.07, 6.45) is 4.66. The molecule has 0 saturated carbocycles. The normalized spacial score (nSPS) is 14.9. The lowest BCUT2D eigenvalue weighted by Crippen LogP contribution is -2.28. The third kappa shape index (κ3) is 4.35. The van der Waals surface area contributed by atoms with Gasteiger partial charge in [0, 0.05) is 18.7 Å². The van der Waals surface area contributed by atoms with Crippen molar-refractivity contribution < 1.29 is 17.6 Å². The Balaban J connectivity index is 1.63. The zero-order valence-corrected chi connectivity index (χ0v) is 17.4. The lowest BCUT2D eigenvalue weighted by Gasteiger charge is -2.23.